The SMILES string of the molecule is COc1ccc(OC)c(Nc2nc(N3CCC(C)CC3)nc(N)c2[N+](=O)[O-])c1. The number of hydrogen-bond acceptors (Lipinski definition) is 9. The summed E-state index contributed by atoms with van der Waals surface area (Å²) < 4.78 is 10.6. The molecule has 10 heteroatoms. The van der Waals surface area contributed by atoms with Gasteiger partial charge < -0.3 is 25.4 Å². The van der Waals surface area contributed by atoms with Gasteiger partial charge >= 0.3 is 5.69 Å². The van der Waals surface area contributed by atoms with Crippen molar-refractivity contribution in [1.82, 2.24) is 9.97 Å². The molecule has 0 aliphatic carbocycles. The van der Waals surface area contributed by atoms with E-state index in [1.165, 1.54) is 14.2 Å². The zero-order valence-electron chi connectivity index (χ0n) is 16.1. The van der Waals surface area contributed by atoms with E-state index in [1.54, 1.807) is 18.2 Å². The van der Waals surface area contributed by atoms with E-state index in [0.29, 0.717) is 29.1 Å². The number of nitro groups is 1. The normalized spacial score (nSPS) is 14.6. The third-order valence-electron chi connectivity index (χ3n) is 4.81. The molecule has 0 radical (unpaired) electrons. The van der Waals surface area contributed by atoms with Gasteiger partial charge in [0, 0.05) is 19.2 Å². The number of ether oxygens (including phenoxy) is 2. The Labute approximate surface area is 162 Å². The molecule has 3 rings (SSSR count). The number of nitrogen functional groups attached to an aromatic ring is 1. The number of methoxy groups -OCH3 is 2. The molecule has 1 aliphatic heterocycles. The molecular formula is C18H24N6O4. The molecule has 0 unspecified atom stereocenters. The minimum Gasteiger partial charge on any atom is -0.497 e. The summed E-state index contributed by atoms with van der Waals surface area (Å²) in [5.74, 6) is 1.89. The van der Waals surface area contributed by atoms with Gasteiger partial charge in [-0.2, -0.15) is 9.97 Å². The number of piperidine rings is 1. The summed E-state index contributed by atoms with van der Waals surface area (Å²) in [6.07, 6.45) is 2.01. The fraction of sp³-hybridized carbons (Fsp3) is 0.444. The number of aromatic nitrogens is 2. The third kappa shape index (κ3) is 4.00. The second-order valence-electron chi connectivity index (χ2n) is 6.72. The predicted molar refractivity (Wildman–Crippen MR) is 107 cm³/mol. The first-order chi connectivity index (χ1) is 13.4. The lowest BCUT2D eigenvalue weighted by Crippen LogP contribution is -2.34. The van der Waals surface area contributed by atoms with E-state index in [2.05, 4.69) is 22.2 Å². The van der Waals surface area contributed by atoms with E-state index in [9.17, 15) is 10.1 Å². The van der Waals surface area contributed by atoms with Gasteiger partial charge in [-0.1, -0.05) is 6.92 Å². The topological polar surface area (TPSA) is 129 Å². The summed E-state index contributed by atoms with van der Waals surface area (Å²) in [4.78, 5) is 21.6. The number of benzene rings is 1. The Balaban J connectivity index is 2.02. The lowest BCUT2D eigenvalue weighted by atomic mass is 10.00. The van der Waals surface area contributed by atoms with E-state index >= 15 is 0 Å². The largest absolute Gasteiger partial charge is 0.497 e. The highest BCUT2D eigenvalue weighted by Crippen LogP contribution is 2.37. The number of nitrogens with two attached hydrogens (primary N) is 1. The molecule has 1 aromatic heterocycles. The van der Waals surface area contributed by atoms with Gasteiger partial charge in [0.25, 0.3) is 0 Å². The van der Waals surface area contributed by atoms with Crippen molar-refractivity contribution in [2.75, 3.05) is 43.3 Å². The van der Waals surface area contributed by atoms with Crippen LogP contribution in [0.5, 0.6) is 11.5 Å². The van der Waals surface area contributed by atoms with Crippen LogP contribution in [0.2, 0.25) is 0 Å². The minimum absolute atomic E-state index is 0.0117. The van der Waals surface area contributed by atoms with Gasteiger partial charge in [-0.3, -0.25) is 10.1 Å². The standard InChI is InChI=1S/C18H24N6O4/c1-11-6-8-23(9-7-11)18-21-16(19)15(24(25)26)17(22-18)20-13-10-12(27-2)4-5-14(13)28-3/h4-5,10-11H,6-9H2,1-3H3,(H3,19,20,21,22). The maximum atomic E-state index is 11.6. The van der Waals surface area contributed by atoms with Gasteiger partial charge in [-0.15, -0.1) is 0 Å². The minimum atomic E-state index is -0.591. The monoisotopic (exact) mass is 388 g/mol. The predicted octanol–water partition coefficient (Wildman–Crippen LogP) is 2.96. The van der Waals surface area contributed by atoms with Gasteiger partial charge in [0.05, 0.1) is 24.8 Å². The summed E-state index contributed by atoms with van der Waals surface area (Å²) in [6.45, 7) is 3.76. The van der Waals surface area contributed by atoms with E-state index in [0.717, 1.165) is 25.9 Å². The molecule has 1 aliphatic rings. The Bertz CT molecular complexity index is 867. The third-order valence-corrected chi connectivity index (χ3v) is 4.81. The number of nitrogens with one attached hydrogen (secondary N) is 1. The van der Waals surface area contributed by atoms with Crippen molar-refractivity contribution in [3.63, 3.8) is 0 Å². The molecule has 1 fully saturated rings. The van der Waals surface area contributed by atoms with Crippen LogP contribution in [0.15, 0.2) is 18.2 Å². The molecule has 1 aromatic carbocycles. The quantitative estimate of drug-likeness (QED) is 0.566. The number of hydrogen-bond donors (Lipinski definition) is 2. The highest BCUT2D eigenvalue weighted by molar-refractivity contribution is 5.77. The van der Waals surface area contributed by atoms with Crippen LogP contribution < -0.4 is 25.4 Å². The van der Waals surface area contributed by atoms with E-state index in [1.807, 2.05) is 4.90 Å². The smallest absolute Gasteiger partial charge is 0.353 e. The molecule has 0 amide bonds. The van der Waals surface area contributed by atoms with Gasteiger partial charge in [0.2, 0.25) is 17.6 Å². The molecule has 0 atom stereocenters. The fourth-order valence-corrected chi connectivity index (χ4v) is 3.12. The molecule has 0 saturated carbocycles. The van der Waals surface area contributed by atoms with E-state index < -0.39 is 4.92 Å². The molecule has 1 saturated heterocycles. The second kappa shape index (κ2) is 8.15. The van der Waals surface area contributed by atoms with Crippen LogP contribution in [0.25, 0.3) is 0 Å². The number of rotatable bonds is 6. The molecule has 2 aromatic rings. The second-order valence-corrected chi connectivity index (χ2v) is 6.72. The maximum Gasteiger partial charge on any atom is 0.353 e. The van der Waals surface area contributed by atoms with E-state index in [4.69, 9.17) is 15.2 Å². The molecule has 0 bridgehead atoms. The van der Waals surface area contributed by atoms with Crippen LogP contribution in [0.3, 0.4) is 0 Å². The van der Waals surface area contributed by atoms with Gasteiger partial charge in [0.15, 0.2) is 0 Å². The van der Waals surface area contributed by atoms with Crippen LogP contribution in [0.4, 0.5) is 29.0 Å². The van der Waals surface area contributed by atoms with Crippen LogP contribution in [0.1, 0.15) is 19.8 Å². The molecular weight excluding hydrogens is 364 g/mol. The first kappa shape index (κ1) is 19.5. The van der Waals surface area contributed by atoms with Crippen molar-refractivity contribution in [2.24, 2.45) is 5.92 Å². The van der Waals surface area contributed by atoms with Crippen molar-refractivity contribution in [2.45, 2.75) is 19.8 Å². The zero-order chi connectivity index (χ0) is 20.3. The average Bonchev–Trinajstić information content (AvgIpc) is 2.67. The van der Waals surface area contributed by atoms with Crippen LogP contribution in [0, 0.1) is 16.0 Å². The Hall–Kier alpha value is -3.30. The summed E-state index contributed by atoms with van der Waals surface area (Å²) in [7, 11) is 3.04. The van der Waals surface area contributed by atoms with Crippen molar-refractivity contribution < 1.29 is 14.4 Å². The molecule has 3 N–H and O–H groups in total. The van der Waals surface area contributed by atoms with Crippen molar-refractivity contribution in [3.8, 4) is 11.5 Å². The van der Waals surface area contributed by atoms with Crippen LogP contribution >= 0.6 is 0 Å². The maximum absolute atomic E-state index is 11.6. The molecule has 28 heavy (non-hydrogen) atoms. The van der Waals surface area contributed by atoms with Gasteiger partial charge in [-0.05, 0) is 30.9 Å². The molecule has 150 valence electrons. The Morgan fingerprint density at radius 2 is 1.96 bits per heavy atom. The Morgan fingerprint density at radius 3 is 2.57 bits per heavy atom. The molecule has 10 nitrogen and oxygen atoms in total. The van der Waals surface area contributed by atoms with Crippen molar-refractivity contribution >= 4 is 29.0 Å². The zero-order valence-corrected chi connectivity index (χ0v) is 16.1. The van der Waals surface area contributed by atoms with Gasteiger partial charge in [0.1, 0.15) is 11.5 Å². The molecule has 0 spiro atoms. The van der Waals surface area contributed by atoms with Crippen molar-refractivity contribution in [1.29, 1.82) is 0 Å². The van der Waals surface area contributed by atoms with Crippen molar-refractivity contribution in [3.05, 3.63) is 28.3 Å². The van der Waals surface area contributed by atoms with Gasteiger partial charge in [-0.25, -0.2) is 0 Å². The summed E-state index contributed by atoms with van der Waals surface area (Å²) in [6, 6.07) is 5.10. The highest BCUT2D eigenvalue weighted by Gasteiger charge is 2.27. The number of nitrogens with zero attached hydrogens (tertiary/aromatic N) is 4. The van der Waals surface area contributed by atoms with E-state index in [-0.39, 0.29) is 17.3 Å². The average molecular weight is 388 g/mol. The summed E-state index contributed by atoms with van der Waals surface area (Å²) in [5.41, 5.74) is 6.02. The highest BCUT2D eigenvalue weighted by atomic mass is 16.6. The first-order valence-electron chi connectivity index (χ1n) is 8.98. The Kier molecular flexibility index (Phi) is 5.67. The lowest BCUT2D eigenvalue weighted by molar-refractivity contribution is -0.383. The van der Waals surface area contributed by atoms with Crippen LogP contribution in [-0.2, 0) is 0 Å². The molecule has 2 heterocycles. The summed E-state index contributed by atoms with van der Waals surface area (Å²) >= 11 is 0. The fourth-order valence-electron chi connectivity index (χ4n) is 3.12. The lowest BCUT2D eigenvalue weighted by Gasteiger charge is -2.30. The summed E-state index contributed by atoms with van der Waals surface area (Å²) in [5, 5.41) is 14.5. The first-order valence-corrected chi connectivity index (χ1v) is 8.98. The Morgan fingerprint density at radius 1 is 1.25 bits per heavy atom. The number of anilines is 4. The van der Waals surface area contributed by atoms with Crippen LogP contribution in [-0.4, -0.2) is 42.2 Å².